The molecule has 2 N–H and O–H groups in total. The van der Waals surface area contributed by atoms with Crippen LogP contribution in [0.15, 0.2) is 109 Å². The lowest BCUT2D eigenvalue weighted by molar-refractivity contribution is 0.0980. The third-order valence-corrected chi connectivity index (χ3v) is 8.35. The molecule has 0 unspecified atom stereocenters. The number of hydrogen-bond acceptors (Lipinski definition) is 4. The molecule has 2 aromatic heterocycles. The maximum atomic E-state index is 13.4. The molecule has 196 valence electrons. The molecule has 8 aromatic rings. The molecule has 6 aromatic carbocycles. The van der Waals surface area contributed by atoms with E-state index in [1.165, 1.54) is 10.8 Å². The topological polar surface area (TPSA) is 91.5 Å². The number of hydrogen-bond donors (Lipinski definition) is 2. The van der Waals surface area contributed by atoms with Crippen molar-refractivity contribution in [3.05, 3.63) is 131 Å². The van der Waals surface area contributed by atoms with Gasteiger partial charge >= 0.3 is 0 Å². The summed E-state index contributed by atoms with van der Waals surface area (Å²) in [6.07, 6.45) is 0. The summed E-state index contributed by atoms with van der Waals surface area (Å²) in [6, 6.07) is 35.3. The van der Waals surface area contributed by atoms with Crippen LogP contribution in [0, 0.1) is 0 Å². The van der Waals surface area contributed by atoms with Crippen molar-refractivity contribution in [1.82, 2.24) is 19.9 Å². The van der Waals surface area contributed by atoms with Crippen LogP contribution in [0.2, 0.25) is 0 Å². The minimum atomic E-state index is -0.177. The second-order valence-electron chi connectivity index (χ2n) is 10.7. The maximum absolute atomic E-state index is 13.4. The molecule has 0 atom stereocenters. The molecular formula is C36H20N4O2. The number of carbonyl (C=O) groups is 2. The van der Waals surface area contributed by atoms with E-state index in [0.29, 0.717) is 39.1 Å². The summed E-state index contributed by atoms with van der Waals surface area (Å²) in [5, 5.41) is 4.64. The van der Waals surface area contributed by atoms with Crippen LogP contribution in [0.1, 0.15) is 31.8 Å². The second kappa shape index (κ2) is 8.32. The summed E-state index contributed by atoms with van der Waals surface area (Å²) < 4.78 is 0. The number of nitrogens with zero attached hydrogens (tertiary/aromatic N) is 2. The van der Waals surface area contributed by atoms with E-state index in [2.05, 4.69) is 52.4 Å². The Hall–Kier alpha value is -5.88. The molecule has 6 nitrogen and oxygen atoms in total. The number of ketones is 2. The number of fused-ring (bicyclic) bond motifs is 10. The minimum absolute atomic E-state index is 0.151. The molecule has 0 saturated heterocycles. The van der Waals surface area contributed by atoms with Crippen LogP contribution in [0.3, 0.4) is 0 Å². The summed E-state index contributed by atoms with van der Waals surface area (Å²) in [7, 11) is 0. The molecule has 42 heavy (non-hydrogen) atoms. The third-order valence-electron chi connectivity index (χ3n) is 8.35. The standard InChI is InChI=1S/C36H20N4O2/c41-33-25-11-5-6-12-26(25)34(42)29-27(33)17-18-28-32(29)40-35(37-28)19-13-15-20(16-14-19)36-38-30-23-9-3-1-7-21(23)22-8-2-4-10-24(22)31(30)39-36/h1-18H,(H,37,40)(H,38,39). The molecular weight excluding hydrogens is 520 g/mol. The Kier molecular flexibility index (Phi) is 4.53. The Morgan fingerprint density at radius 2 is 1.00 bits per heavy atom. The lowest BCUT2D eigenvalue weighted by Gasteiger charge is -2.17. The van der Waals surface area contributed by atoms with E-state index in [9.17, 15) is 9.59 Å². The van der Waals surface area contributed by atoms with Crippen LogP contribution in [-0.4, -0.2) is 31.5 Å². The van der Waals surface area contributed by atoms with Crippen LogP contribution in [-0.2, 0) is 0 Å². The molecule has 0 spiro atoms. The molecule has 6 heteroatoms. The van der Waals surface area contributed by atoms with Gasteiger partial charge in [-0.2, -0.15) is 0 Å². The van der Waals surface area contributed by atoms with Crippen molar-refractivity contribution in [2.45, 2.75) is 0 Å². The molecule has 9 rings (SSSR count). The van der Waals surface area contributed by atoms with Gasteiger partial charge in [0.1, 0.15) is 17.2 Å². The molecule has 1 aliphatic carbocycles. The summed E-state index contributed by atoms with van der Waals surface area (Å²) in [5.41, 5.74) is 6.62. The number of carbonyl (C=O) groups excluding carboxylic acids is 2. The fourth-order valence-corrected chi connectivity index (χ4v) is 6.34. The van der Waals surface area contributed by atoms with Crippen molar-refractivity contribution < 1.29 is 9.59 Å². The van der Waals surface area contributed by atoms with Crippen molar-refractivity contribution in [1.29, 1.82) is 0 Å². The van der Waals surface area contributed by atoms with Gasteiger partial charge in [0.15, 0.2) is 11.6 Å². The molecule has 2 heterocycles. The molecule has 0 amide bonds. The van der Waals surface area contributed by atoms with Gasteiger partial charge in [0, 0.05) is 38.6 Å². The van der Waals surface area contributed by atoms with Crippen LogP contribution in [0.25, 0.3) is 66.4 Å². The first-order chi connectivity index (χ1) is 20.7. The number of aromatic nitrogens is 4. The molecule has 1 aliphatic rings. The van der Waals surface area contributed by atoms with E-state index in [1.807, 2.05) is 36.4 Å². The number of H-pyrrole nitrogens is 2. The quantitative estimate of drug-likeness (QED) is 0.218. The SMILES string of the molecule is O=C1c2ccccc2C(=O)c2c1ccc1[nH]c(-c3ccc(-c4nc5c6ccccc6c6ccccc6c5[nH]4)cc3)nc21. The predicted octanol–water partition coefficient (Wildman–Crippen LogP) is 7.86. The second-order valence-corrected chi connectivity index (χ2v) is 10.7. The summed E-state index contributed by atoms with van der Waals surface area (Å²) in [5.74, 6) is 1.09. The van der Waals surface area contributed by atoms with E-state index >= 15 is 0 Å². The Labute approximate surface area is 238 Å². The molecule has 0 bridgehead atoms. The first kappa shape index (κ1) is 22.9. The number of benzene rings is 6. The Morgan fingerprint density at radius 1 is 0.452 bits per heavy atom. The van der Waals surface area contributed by atoms with Gasteiger partial charge in [0.2, 0.25) is 0 Å². The zero-order chi connectivity index (χ0) is 27.9. The van der Waals surface area contributed by atoms with Crippen LogP contribution < -0.4 is 0 Å². The number of aromatic amines is 2. The van der Waals surface area contributed by atoms with Crippen LogP contribution in [0.5, 0.6) is 0 Å². The van der Waals surface area contributed by atoms with Crippen molar-refractivity contribution >= 4 is 55.2 Å². The first-order valence-electron chi connectivity index (χ1n) is 13.8. The van der Waals surface area contributed by atoms with Gasteiger partial charge in [0.05, 0.1) is 22.1 Å². The zero-order valence-corrected chi connectivity index (χ0v) is 22.1. The van der Waals surface area contributed by atoms with Gasteiger partial charge in [-0.25, -0.2) is 9.97 Å². The largest absolute Gasteiger partial charge is 0.338 e. The van der Waals surface area contributed by atoms with Gasteiger partial charge in [-0.05, 0) is 22.9 Å². The lowest BCUT2D eigenvalue weighted by atomic mass is 9.83. The van der Waals surface area contributed by atoms with Crippen molar-refractivity contribution in [2.75, 3.05) is 0 Å². The van der Waals surface area contributed by atoms with Crippen molar-refractivity contribution in [2.24, 2.45) is 0 Å². The number of nitrogens with one attached hydrogen (secondary N) is 2. The normalized spacial score (nSPS) is 12.9. The average molecular weight is 541 g/mol. The Morgan fingerprint density at radius 3 is 1.71 bits per heavy atom. The Balaban J connectivity index is 1.14. The van der Waals surface area contributed by atoms with E-state index < -0.39 is 0 Å². The van der Waals surface area contributed by atoms with Gasteiger partial charge in [-0.15, -0.1) is 0 Å². The van der Waals surface area contributed by atoms with E-state index in [0.717, 1.165) is 38.8 Å². The third kappa shape index (κ3) is 3.09. The van der Waals surface area contributed by atoms with E-state index in [4.69, 9.17) is 9.97 Å². The fraction of sp³-hybridized carbons (Fsp3) is 0. The minimum Gasteiger partial charge on any atom is -0.338 e. The van der Waals surface area contributed by atoms with E-state index in [-0.39, 0.29) is 11.6 Å². The number of imidazole rings is 2. The van der Waals surface area contributed by atoms with E-state index in [1.54, 1.807) is 30.3 Å². The summed E-state index contributed by atoms with van der Waals surface area (Å²) >= 11 is 0. The van der Waals surface area contributed by atoms with Gasteiger partial charge in [-0.3, -0.25) is 9.59 Å². The highest BCUT2D eigenvalue weighted by Gasteiger charge is 2.32. The smallest absolute Gasteiger partial charge is 0.196 e. The van der Waals surface area contributed by atoms with Crippen LogP contribution >= 0.6 is 0 Å². The maximum Gasteiger partial charge on any atom is 0.196 e. The van der Waals surface area contributed by atoms with Gasteiger partial charge in [0.25, 0.3) is 0 Å². The van der Waals surface area contributed by atoms with Gasteiger partial charge < -0.3 is 9.97 Å². The average Bonchev–Trinajstić information content (AvgIpc) is 3.69. The monoisotopic (exact) mass is 540 g/mol. The molecule has 0 aliphatic heterocycles. The van der Waals surface area contributed by atoms with Gasteiger partial charge in [-0.1, -0.05) is 97.1 Å². The number of rotatable bonds is 2. The predicted molar refractivity (Wildman–Crippen MR) is 165 cm³/mol. The highest BCUT2D eigenvalue weighted by atomic mass is 16.1. The van der Waals surface area contributed by atoms with Crippen LogP contribution in [0.4, 0.5) is 0 Å². The van der Waals surface area contributed by atoms with Crippen molar-refractivity contribution in [3.63, 3.8) is 0 Å². The molecule has 0 saturated carbocycles. The Bertz CT molecular complexity index is 2380. The first-order valence-corrected chi connectivity index (χ1v) is 13.8. The fourth-order valence-electron chi connectivity index (χ4n) is 6.34. The summed E-state index contributed by atoms with van der Waals surface area (Å²) in [4.78, 5) is 43.4. The lowest BCUT2D eigenvalue weighted by Crippen LogP contribution is -2.21. The summed E-state index contributed by atoms with van der Waals surface area (Å²) in [6.45, 7) is 0. The zero-order valence-electron chi connectivity index (χ0n) is 22.1. The molecule has 0 radical (unpaired) electrons. The highest BCUT2D eigenvalue weighted by Crippen LogP contribution is 2.36. The molecule has 0 fully saturated rings. The highest BCUT2D eigenvalue weighted by molar-refractivity contribution is 6.31. The van der Waals surface area contributed by atoms with Crippen molar-refractivity contribution in [3.8, 4) is 22.8 Å².